The van der Waals surface area contributed by atoms with Crippen molar-refractivity contribution in [1.82, 2.24) is 14.7 Å². The zero-order valence-electron chi connectivity index (χ0n) is 15.5. The van der Waals surface area contributed by atoms with Gasteiger partial charge in [0.15, 0.2) is 0 Å². The van der Waals surface area contributed by atoms with Gasteiger partial charge in [-0.1, -0.05) is 24.6 Å². The molecule has 0 aromatic carbocycles. The van der Waals surface area contributed by atoms with Crippen LogP contribution in [0.2, 0.25) is 0 Å². The lowest BCUT2D eigenvalue weighted by atomic mass is 9.84. The molecule has 27 heavy (non-hydrogen) atoms. The summed E-state index contributed by atoms with van der Waals surface area (Å²) in [5.41, 5.74) is 4.94. The third-order valence-electron chi connectivity index (χ3n) is 5.06. The van der Waals surface area contributed by atoms with Gasteiger partial charge in [0.2, 0.25) is 0 Å². The second-order valence-electron chi connectivity index (χ2n) is 6.72. The number of pyridine rings is 1. The number of hydrogen-bond acceptors (Lipinski definition) is 3. The first-order chi connectivity index (χ1) is 13.0. The Kier molecular flexibility index (Phi) is 4.11. The van der Waals surface area contributed by atoms with Crippen molar-refractivity contribution >= 4 is 23.2 Å². The Labute approximate surface area is 157 Å². The summed E-state index contributed by atoms with van der Waals surface area (Å²) in [5.74, 6) is -0.398. The second kappa shape index (κ2) is 6.46. The Morgan fingerprint density at radius 3 is 2.93 bits per heavy atom. The molecule has 0 saturated heterocycles. The number of carbonyl (C=O) groups is 2. The molecule has 3 heterocycles. The van der Waals surface area contributed by atoms with Crippen LogP contribution in [0.15, 0.2) is 64.5 Å². The van der Waals surface area contributed by atoms with E-state index in [-0.39, 0.29) is 17.7 Å². The normalized spacial score (nSPS) is 20.7. The maximum atomic E-state index is 12.8. The minimum Gasteiger partial charge on any atom is -0.325 e. The number of hydrogen-bond donors (Lipinski definition) is 1. The summed E-state index contributed by atoms with van der Waals surface area (Å²) in [4.78, 5) is 33.7. The number of nitrogens with zero attached hydrogens (tertiary/aromatic N) is 3. The number of nitrogens with one attached hydrogen (secondary N) is 1. The van der Waals surface area contributed by atoms with Crippen LogP contribution in [0.3, 0.4) is 0 Å². The van der Waals surface area contributed by atoms with Gasteiger partial charge < -0.3 is 5.32 Å². The quantitative estimate of drug-likeness (QED) is 0.894. The van der Waals surface area contributed by atoms with Crippen LogP contribution in [0.4, 0.5) is 0 Å². The van der Waals surface area contributed by atoms with Crippen molar-refractivity contribution in [3.05, 3.63) is 70.9 Å². The average molecular weight is 360 g/mol. The van der Waals surface area contributed by atoms with Crippen LogP contribution < -0.4 is 5.32 Å². The Hall–Kier alpha value is -3.28. The van der Waals surface area contributed by atoms with Crippen LogP contribution in [-0.4, -0.2) is 26.9 Å². The van der Waals surface area contributed by atoms with Crippen molar-refractivity contribution in [3.63, 3.8) is 0 Å². The fourth-order valence-corrected chi connectivity index (χ4v) is 3.71. The van der Waals surface area contributed by atoms with Crippen LogP contribution in [0, 0.1) is 12.8 Å². The number of fused-ring (bicyclic) bond motifs is 2. The maximum Gasteiger partial charge on any atom is 0.296 e. The highest BCUT2D eigenvalue weighted by molar-refractivity contribution is 6.14. The molecule has 6 heteroatoms. The van der Waals surface area contributed by atoms with E-state index in [9.17, 15) is 9.59 Å². The number of rotatable bonds is 2. The molecular formula is C21H20N4O2. The molecule has 1 aliphatic carbocycles. The van der Waals surface area contributed by atoms with Gasteiger partial charge in [-0.2, -0.15) is 0 Å². The zero-order valence-corrected chi connectivity index (χ0v) is 15.5. The third kappa shape index (κ3) is 2.83. The van der Waals surface area contributed by atoms with Gasteiger partial charge in [-0.15, -0.1) is 0 Å². The third-order valence-corrected chi connectivity index (χ3v) is 5.06. The molecule has 0 bridgehead atoms. The Balaban J connectivity index is 1.69. The molecule has 2 aromatic heterocycles. The fourth-order valence-electron chi connectivity index (χ4n) is 3.71. The summed E-state index contributed by atoms with van der Waals surface area (Å²) >= 11 is 0. The van der Waals surface area contributed by atoms with Gasteiger partial charge in [0.25, 0.3) is 11.8 Å². The fraction of sp³-hybridized carbons (Fsp3) is 0.238. The Morgan fingerprint density at radius 2 is 2.15 bits per heavy atom. The van der Waals surface area contributed by atoms with E-state index >= 15 is 0 Å². The minimum absolute atomic E-state index is 0.0317. The highest BCUT2D eigenvalue weighted by atomic mass is 16.2. The van der Waals surface area contributed by atoms with E-state index in [2.05, 4.69) is 15.3 Å². The number of carbonyl (C=O) groups excluding carboxylic acids is 2. The van der Waals surface area contributed by atoms with Gasteiger partial charge in [-0.05, 0) is 44.6 Å². The van der Waals surface area contributed by atoms with Crippen molar-refractivity contribution in [3.8, 4) is 0 Å². The molecule has 6 nitrogen and oxygen atoms in total. The molecule has 2 aliphatic rings. The molecular weight excluding hydrogens is 340 g/mol. The first-order valence-electron chi connectivity index (χ1n) is 8.97. The lowest BCUT2D eigenvalue weighted by Gasteiger charge is -2.29. The molecule has 2 aromatic rings. The molecule has 0 spiro atoms. The van der Waals surface area contributed by atoms with Crippen LogP contribution in [-0.2, 0) is 4.79 Å². The molecule has 0 fully saturated rings. The minimum atomic E-state index is -0.357. The standard InChI is InChI=1S/C21H20N4O2/c1-4-15-12(2)16-9-8-14(11-17(16)24-20(15)26)23-21(27)19-13(3)22-18-7-5-6-10-25(18)19/h5-11,16H,4H2,1-3H3,(H,24,26). The highest BCUT2D eigenvalue weighted by Crippen LogP contribution is 2.31. The Bertz CT molecular complexity index is 1100. The van der Waals surface area contributed by atoms with Crippen LogP contribution >= 0.6 is 0 Å². The smallest absolute Gasteiger partial charge is 0.296 e. The molecule has 136 valence electrons. The van der Waals surface area contributed by atoms with Gasteiger partial charge in [0.1, 0.15) is 11.3 Å². The number of aliphatic imine (C=N–C) groups is 1. The molecule has 4 rings (SSSR count). The van der Waals surface area contributed by atoms with Crippen LogP contribution in [0.1, 0.15) is 36.5 Å². The van der Waals surface area contributed by atoms with E-state index < -0.39 is 0 Å². The molecule has 0 radical (unpaired) electrons. The van der Waals surface area contributed by atoms with Crippen molar-refractivity contribution < 1.29 is 9.59 Å². The molecule has 1 N–H and O–H groups in total. The van der Waals surface area contributed by atoms with Gasteiger partial charge in [0, 0.05) is 23.4 Å². The number of aryl methyl sites for hydroxylation is 1. The molecule has 0 saturated carbocycles. The predicted molar refractivity (Wildman–Crippen MR) is 104 cm³/mol. The highest BCUT2D eigenvalue weighted by Gasteiger charge is 2.29. The largest absolute Gasteiger partial charge is 0.325 e. The van der Waals surface area contributed by atoms with E-state index in [0.29, 0.717) is 29.2 Å². The van der Waals surface area contributed by atoms with Gasteiger partial charge in [-0.3, -0.25) is 14.0 Å². The predicted octanol–water partition coefficient (Wildman–Crippen LogP) is 3.15. The van der Waals surface area contributed by atoms with E-state index in [1.54, 1.807) is 23.6 Å². The molecule has 1 atom stereocenters. The lowest BCUT2D eigenvalue weighted by Crippen LogP contribution is -2.36. The summed E-state index contributed by atoms with van der Waals surface area (Å²) in [6, 6.07) is 5.58. The van der Waals surface area contributed by atoms with E-state index in [0.717, 1.165) is 16.8 Å². The topological polar surface area (TPSA) is 75.8 Å². The molecule has 2 amide bonds. The van der Waals surface area contributed by atoms with E-state index in [4.69, 9.17) is 0 Å². The van der Waals surface area contributed by atoms with Crippen molar-refractivity contribution in [2.75, 3.05) is 0 Å². The summed E-state index contributed by atoms with van der Waals surface area (Å²) in [5, 5.41) is 2.93. The first-order valence-corrected chi connectivity index (χ1v) is 8.97. The monoisotopic (exact) mass is 360 g/mol. The van der Waals surface area contributed by atoms with Crippen molar-refractivity contribution in [2.24, 2.45) is 10.9 Å². The van der Waals surface area contributed by atoms with E-state index in [1.165, 1.54) is 0 Å². The lowest BCUT2D eigenvalue weighted by molar-refractivity contribution is -0.117. The summed E-state index contributed by atoms with van der Waals surface area (Å²) in [7, 11) is 0. The van der Waals surface area contributed by atoms with Crippen molar-refractivity contribution in [1.29, 1.82) is 0 Å². The summed E-state index contributed by atoms with van der Waals surface area (Å²) < 4.78 is 1.74. The van der Waals surface area contributed by atoms with Crippen molar-refractivity contribution in [2.45, 2.75) is 27.2 Å². The maximum absolute atomic E-state index is 12.8. The second-order valence-corrected chi connectivity index (χ2v) is 6.72. The SMILES string of the molecule is CCC1=C(C)C2C=CC(=NC(=O)c3c(C)nc4ccccn34)C=C2NC1=O. The van der Waals surface area contributed by atoms with Crippen LogP contribution in [0.25, 0.3) is 5.65 Å². The Morgan fingerprint density at radius 1 is 1.33 bits per heavy atom. The molecule has 1 aliphatic heterocycles. The van der Waals surface area contributed by atoms with Gasteiger partial charge in [-0.25, -0.2) is 9.98 Å². The number of imidazole rings is 1. The number of amides is 2. The zero-order chi connectivity index (χ0) is 19.1. The number of aromatic nitrogens is 2. The number of allylic oxidation sites excluding steroid dienone is 3. The van der Waals surface area contributed by atoms with Crippen LogP contribution in [0.5, 0.6) is 0 Å². The summed E-state index contributed by atoms with van der Waals surface area (Å²) in [6.07, 6.45) is 8.08. The van der Waals surface area contributed by atoms with E-state index in [1.807, 2.05) is 44.2 Å². The van der Waals surface area contributed by atoms with Gasteiger partial charge >= 0.3 is 0 Å². The first kappa shape index (κ1) is 17.1. The average Bonchev–Trinajstić information content (AvgIpc) is 2.97. The summed E-state index contributed by atoms with van der Waals surface area (Å²) in [6.45, 7) is 5.76. The molecule has 1 unspecified atom stereocenters. The van der Waals surface area contributed by atoms with Gasteiger partial charge in [0.05, 0.1) is 11.4 Å².